The molecule has 0 saturated heterocycles. The molecule has 0 fully saturated rings. The molecular weight excluding hydrogens is 352 g/mol. The maximum absolute atomic E-state index is 13.3. The molecule has 0 aliphatic carbocycles. The molecule has 0 atom stereocenters. The van der Waals surface area contributed by atoms with Crippen LogP contribution in [-0.2, 0) is 10.0 Å². The third-order valence-electron chi connectivity index (χ3n) is 3.04. The molecule has 118 valence electrons. The Labute approximate surface area is 138 Å². The Balaban J connectivity index is 2.53. The lowest BCUT2D eigenvalue weighted by Gasteiger charge is -2.21. The van der Waals surface area contributed by atoms with Gasteiger partial charge < -0.3 is 4.74 Å². The van der Waals surface area contributed by atoms with Gasteiger partial charge in [0.1, 0.15) is 21.5 Å². The Kier molecular flexibility index (Phi) is 4.84. The van der Waals surface area contributed by atoms with E-state index in [1.54, 1.807) is 0 Å². The zero-order valence-corrected chi connectivity index (χ0v) is 14.0. The molecular formula is C14H12Cl2FNO3S. The Morgan fingerprint density at radius 1 is 1.14 bits per heavy atom. The fourth-order valence-corrected chi connectivity index (χ4v) is 3.83. The van der Waals surface area contributed by atoms with Gasteiger partial charge in [0, 0.05) is 7.05 Å². The molecule has 0 spiro atoms. The molecule has 0 aliphatic rings. The Bertz CT molecular complexity index is 812. The van der Waals surface area contributed by atoms with Crippen LogP contribution in [0.25, 0.3) is 0 Å². The lowest BCUT2D eigenvalue weighted by molar-refractivity contribution is 0.414. The van der Waals surface area contributed by atoms with Gasteiger partial charge in [-0.25, -0.2) is 12.8 Å². The van der Waals surface area contributed by atoms with Crippen molar-refractivity contribution < 1.29 is 17.5 Å². The van der Waals surface area contributed by atoms with Gasteiger partial charge in [-0.15, -0.1) is 0 Å². The topological polar surface area (TPSA) is 46.6 Å². The quantitative estimate of drug-likeness (QED) is 0.825. The van der Waals surface area contributed by atoms with Crippen molar-refractivity contribution in [2.24, 2.45) is 0 Å². The van der Waals surface area contributed by atoms with Gasteiger partial charge in [0.2, 0.25) is 0 Å². The smallest absolute Gasteiger partial charge is 0.265 e. The minimum absolute atomic E-state index is 0.00196. The molecule has 0 radical (unpaired) electrons. The van der Waals surface area contributed by atoms with Crippen LogP contribution in [0.3, 0.4) is 0 Å². The van der Waals surface area contributed by atoms with Gasteiger partial charge in [0.15, 0.2) is 0 Å². The summed E-state index contributed by atoms with van der Waals surface area (Å²) >= 11 is 12.0. The molecule has 4 nitrogen and oxygen atoms in total. The predicted octanol–water partition coefficient (Wildman–Crippen LogP) is 3.97. The normalized spacial score (nSPS) is 11.3. The average Bonchev–Trinajstić information content (AvgIpc) is 2.48. The van der Waals surface area contributed by atoms with Crippen LogP contribution in [0, 0.1) is 5.82 Å². The average molecular weight is 364 g/mol. The summed E-state index contributed by atoms with van der Waals surface area (Å²) in [7, 11) is -1.29. The van der Waals surface area contributed by atoms with E-state index in [9.17, 15) is 12.8 Å². The predicted molar refractivity (Wildman–Crippen MR) is 85.0 cm³/mol. The van der Waals surface area contributed by atoms with Gasteiger partial charge in [-0.1, -0.05) is 29.3 Å². The molecule has 0 aliphatic heterocycles. The first kappa shape index (κ1) is 16.9. The van der Waals surface area contributed by atoms with Crippen LogP contribution in [0.5, 0.6) is 5.75 Å². The van der Waals surface area contributed by atoms with E-state index >= 15 is 0 Å². The monoisotopic (exact) mass is 363 g/mol. The van der Waals surface area contributed by atoms with Gasteiger partial charge in [0.05, 0.1) is 17.8 Å². The number of hydrogen-bond acceptors (Lipinski definition) is 3. The number of ether oxygens (including phenoxy) is 1. The van der Waals surface area contributed by atoms with Crippen LogP contribution in [0.4, 0.5) is 10.1 Å². The van der Waals surface area contributed by atoms with E-state index in [1.165, 1.54) is 44.5 Å². The highest BCUT2D eigenvalue weighted by Gasteiger charge is 2.26. The van der Waals surface area contributed by atoms with Gasteiger partial charge in [-0.3, -0.25) is 4.31 Å². The fourth-order valence-electron chi connectivity index (χ4n) is 1.83. The Morgan fingerprint density at radius 3 is 2.41 bits per heavy atom. The van der Waals surface area contributed by atoms with Crippen molar-refractivity contribution in [1.29, 1.82) is 0 Å². The number of methoxy groups -OCH3 is 1. The molecule has 0 N–H and O–H groups in total. The van der Waals surface area contributed by atoms with Crippen molar-refractivity contribution in [1.82, 2.24) is 0 Å². The second-order valence-electron chi connectivity index (χ2n) is 4.35. The highest BCUT2D eigenvalue weighted by Crippen LogP contribution is 2.38. The number of benzene rings is 2. The van der Waals surface area contributed by atoms with Crippen LogP contribution in [0.15, 0.2) is 41.3 Å². The molecule has 22 heavy (non-hydrogen) atoms. The van der Waals surface area contributed by atoms with Crippen LogP contribution < -0.4 is 9.04 Å². The maximum atomic E-state index is 13.3. The number of nitrogens with zero attached hydrogens (tertiary/aromatic N) is 1. The number of hydrogen-bond donors (Lipinski definition) is 0. The highest BCUT2D eigenvalue weighted by atomic mass is 35.5. The van der Waals surface area contributed by atoms with Crippen molar-refractivity contribution in [3.63, 3.8) is 0 Å². The second kappa shape index (κ2) is 6.32. The standard InChI is InChI=1S/C14H12Cl2FNO3S/c1-18(10-5-3-4-9(17)8-10)22(19,20)12-7-6-11(21-2)13(15)14(12)16/h3-8H,1-2H3. The molecule has 0 amide bonds. The summed E-state index contributed by atoms with van der Waals surface area (Å²) in [4.78, 5) is -0.188. The summed E-state index contributed by atoms with van der Waals surface area (Å²) < 4.78 is 44.5. The summed E-state index contributed by atoms with van der Waals surface area (Å²) in [6.45, 7) is 0. The Morgan fingerprint density at radius 2 is 1.82 bits per heavy atom. The fraction of sp³-hybridized carbons (Fsp3) is 0.143. The lowest BCUT2D eigenvalue weighted by Crippen LogP contribution is -2.27. The largest absolute Gasteiger partial charge is 0.495 e. The molecule has 2 aromatic rings. The van der Waals surface area contributed by atoms with Gasteiger partial charge in [-0.2, -0.15) is 0 Å². The van der Waals surface area contributed by atoms with Gasteiger partial charge in [0.25, 0.3) is 10.0 Å². The first-order valence-electron chi connectivity index (χ1n) is 6.05. The van der Waals surface area contributed by atoms with E-state index in [0.717, 1.165) is 10.4 Å². The van der Waals surface area contributed by atoms with E-state index in [4.69, 9.17) is 27.9 Å². The number of sulfonamides is 1. The van der Waals surface area contributed by atoms with E-state index in [2.05, 4.69) is 0 Å². The second-order valence-corrected chi connectivity index (χ2v) is 7.04. The van der Waals surface area contributed by atoms with Gasteiger partial charge in [-0.05, 0) is 30.3 Å². The first-order chi connectivity index (χ1) is 10.3. The zero-order valence-electron chi connectivity index (χ0n) is 11.7. The summed E-state index contributed by atoms with van der Waals surface area (Å²) in [6, 6.07) is 7.91. The summed E-state index contributed by atoms with van der Waals surface area (Å²) in [5.74, 6) is -0.280. The van der Waals surface area contributed by atoms with Crippen LogP contribution in [0.1, 0.15) is 0 Å². The lowest BCUT2D eigenvalue weighted by atomic mass is 10.3. The summed E-state index contributed by atoms with van der Waals surface area (Å²) in [6.07, 6.45) is 0. The Hall–Kier alpha value is -1.50. The van der Waals surface area contributed by atoms with E-state index in [0.29, 0.717) is 0 Å². The third kappa shape index (κ3) is 2.99. The van der Waals surface area contributed by atoms with E-state index in [1.807, 2.05) is 0 Å². The summed E-state index contributed by atoms with van der Waals surface area (Å²) in [5, 5.41) is -0.151. The first-order valence-corrected chi connectivity index (χ1v) is 8.25. The third-order valence-corrected chi connectivity index (χ3v) is 5.85. The molecule has 0 saturated carbocycles. The minimum Gasteiger partial charge on any atom is -0.495 e. The van der Waals surface area contributed by atoms with Crippen LogP contribution in [0.2, 0.25) is 10.0 Å². The van der Waals surface area contributed by atoms with E-state index in [-0.39, 0.29) is 26.4 Å². The van der Waals surface area contributed by atoms with Crippen LogP contribution >= 0.6 is 23.2 Å². The zero-order chi connectivity index (χ0) is 16.5. The highest BCUT2D eigenvalue weighted by molar-refractivity contribution is 7.93. The van der Waals surface area contributed by atoms with E-state index < -0.39 is 15.8 Å². The maximum Gasteiger partial charge on any atom is 0.265 e. The van der Waals surface area contributed by atoms with Gasteiger partial charge >= 0.3 is 0 Å². The molecule has 8 heteroatoms. The van der Waals surface area contributed by atoms with Crippen molar-refractivity contribution in [2.75, 3.05) is 18.5 Å². The SMILES string of the molecule is COc1ccc(S(=O)(=O)N(C)c2cccc(F)c2)c(Cl)c1Cl. The van der Waals surface area contributed by atoms with Crippen molar-refractivity contribution >= 4 is 38.9 Å². The number of anilines is 1. The molecule has 2 aromatic carbocycles. The molecule has 0 heterocycles. The van der Waals surface area contributed by atoms with Crippen LogP contribution in [-0.4, -0.2) is 22.6 Å². The molecule has 0 aromatic heterocycles. The number of rotatable bonds is 4. The van der Waals surface area contributed by atoms with Crippen molar-refractivity contribution in [3.05, 3.63) is 52.3 Å². The number of halogens is 3. The molecule has 0 unspecified atom stereocenters. The summed E-state index contributed by atoms with van der Waals surface area (Å²) in [5.41, 5.74) is 0.169. The molecule has 2 rings (SSSR count). The molecule has 0 bridgehead atoms. The van der Waals surface area contributed by atoms with Crippen molar-refractivity contribution in [2.45, 2.75) is 4.90 Å². The van der Waals surface area contributed by atoms with Crippen molar-refractivity contribution in [3.8, 4) is 5.75 Å². The minimum atomic E-state index is -3.99.